The summed E-state index contributed by atoms with van der Waals surface area (Å²) in [6, 6.07) is 18.0. The average molecular weight is 376 g/mol. The zero-order valence-electron chi connectivity index (χ0n) is 13.6. The van der Waals surface area contributed by atoms with Crippen LogP contribution in [0.15, 0.2) is 59.5 Å². The van der Waals surface area contributed by atoms with Crippen LogP contribution in [0.2, 0.25) is 0 Å². The lowest BCUT2D eigenvalue weighted by Gasteiger charge is -2.05. The molecule has 2 rings (SSSR count). The molecule has 0 amide bonds. The summed E-state index contributed by atoms with van der Waals surface area (Å²) < 4.78 is 48.4. The van der Waals surface area contributed by atoms with Gasteiger partial charge in [-0.25, -0.2) is 4.79 Å². The van der Waals surface area contributed by atoms with E-state index in [9.17, 15) is 22.1 Å². The quantitative estimate of drug-likeness (QED) is 0.249. The fourth-order valence-corrected chi connectivity index (χ4v) is 3.25. The van der Waals surface area contributed by atoms with E-state index in [1.807, 2.05) is 18.2 Å². The summed E-state index contributed by atoms with van der Waals surface area (Å²) in [6.07, 6.45) is 1.51. The average Bonchev–Trinajstić information content (AvgIpc) is 2.54. The van der Waals surface area contributed by atoms with Crippen molar-refractivity contribution in [1.82, 2.24) is 0 Å². The maximum absolute atomic E-state index is 11.0. The van der Waals surface area contributed by atoms with E-state index in [0.29, 0.717) is 5.75 Å². The molecular weight excluding hydrogens is 359 g/mol. The Hall–Kier alpha value is -2.16. The molecule has 2 aromatic carbocycles. The van der Waals surface area contributed by atoms with Crippen molar-refractivity contribution in [3.63, 3.8) is 0 Å². The molecule has 0 bridgehead atoms. The van der Waals surface area contributed by atoms with E-state index < -0.39 is 13.4 Å². The summed E-state index contributed by atoms with van der Waals surface area (Å²) in [5, 5.41) is 0. The van der Waals surface area contributed by atoms with Gasteiger partial charge in [0.1, 0.15) is 17.8 Å². The number of methoxy groups -OCH3 is 1. The van der Waals surface area contributed by atoms with E-state index >= 15 is 0 Å². The van der Waals surface area contributed by atoms with Gasteiger partial charge in [-0.15, -0.1) is 0 Å². The third kappa shape index (κ3) is 9.66. The van der Waals surface area contributed by atoms with Gasteiger partial charge in [-0.05, 0) is 24.3 Å². The van der Waals surface area contributed by atoms with Crippen molar-refractivity contribution in [1.29, 1.82) is 0 Å². The molecule has 0 aliphatic rings. The van der Waals surface area contributed by atoms with Gasteiger partial charge in [-0.1, -0.05) is 30.3 Å². The van der Waals surface area contributed by atoms with Crippen molar-refractivity contribution in [2.24, 2.45) is 0 Å². The molecule has 0 fully saturated rings. The van der Waals surface area contributed by atoms with Crippen LogP contribution in [0.4, 0.5) is 22.1 Å². The Balaban J connectivity index is 0.000000550. The number of ether oxygens (including phenoxy) is 2. The van der Waals surface area contributed by atoms with Crippen LogP contribution >= 0.6 is 0 Å². The van der Waals surface area contributed by atoms with Crippen molar-refractivity contribution in [3.8, 4) is 5.75 Å². The van der Waals surface area contributed by atoms with E-state index in [1.54, 1.807) is 12.1 Å². The summed E-state index contributed by atoms with van der Waals surface area (Å²) in [4.78, 5) is 12.2. The van der Waals surface area contributed by atoms with Crippen LogP contribution in [0.25, 0.3) is 0 Å². The highest BCUT2D eigenvalue weighted by Crippen LogP contribution is 2.20. The highest BCUT2D eigenvalue weighted by molar-refractivity contribution is 7.95. The molecule has 25 heavy (non-hydrogen) atoms. The number of benzene rings is 2. The van der Waals surface area contributed by atoms with Gasteiger partial charge in [0.15, 0.2) is 4.90 Å². The Morgan fingerprint density at radius 2 is 1.52 bits per heavy atom. The molecule has 0 saturated carbocycles. The largest absolute Gasteiger partial charge is 0.673 e. The minimum absolute atomic E-state index is 0.121. The maximum atomic E-state index is 11.0. The predicted molar refractivity (Wildman–Crippen MR) is 91.4 cm³/mol. The standard InChI is InChI=1S/C16H17O3S.BF4/c1-18-16(17)19-14-8-10-15(11-9-14)20(2)12-13-6-4-3-5-7-13;2-1(3,4)5/h3-11H,12H2,1-2H3;/q+1;-1. The van der Waals surface area contributed by atoms with E-state index in [-0.39, 0.29) is 10.9 Å². The number of hydrogen-bond donors (Lipinski definition) is 0. The van der Waals surface area contributed by atoms with Crippen LogP contribution in [0.3, 0.4) is 0 Å². The Morgan fingerprint density at radius 1 is 1.00 bits per heavy atom. The van der Waals surface area contributed by atoms with E-state index in [4.69, 9.17) is 4.74 Å². The number of hydrogen-bond acceptors (Lipinski definition) is 3. The Bertz CT molecular complexity index is 645. The van der Waals surface area contributed by atoms with E-state index in [0.717, 1.165) is 5.75 Å². The molecule has 0 N–H and O–H groups in total. The Kier molecular flexibility index (Phi) is 8.34. The number of rotatable bonds is 4. The molecule has 0 heterocycles. The fraction of sp³-hybridized carbons (Fsp3) is 0.188. The SMILES string of the molecule is COC(=O)Oc1ccc([S+](C)Cc2ccccc2)cc1.F[B-](F)(F)F. The molecular formula is C16H17BF4O3S. The Morgan fingerprint density at radius 3 is 2.00 bits per heavy atom. The molecule has 1 unspecified atom stereocenters. The normalized spacial score (nSPS) is 11.8. The van der Waals surface area contributed by atoms with E-state index in [1.165, 1.54) is 17.6 Å². The molecule has 0 aromatic heterocycles. The first-order chi connectivity index (χ1) is 11.7. The van der Waals surface area contributed by atoms with Gasteiger partial charge < -0.3 is 26.7 Å². The molecule has 1 atom stereocenters. The third-order valence-corrected chi connectivity index (χ3v) is 4.66. The highest BCUT2D eigenvalue weighted by atomic mass is 32.2. The van der Waals surface area contributed by atoms with Crippen LogP contribution in [0.1, 0.15) is 5.56 Å². The molecule has 3 nitrogen and oxygen atoms in total. The molecule has 0 saturated heterocycles. The maximum Gasteiger partial charge on any atom is 0.673 e. The highest BCUT2D eigenvalue weighted by Gasteiger charge is 2.20. The van der Waals surface area contributed by atoms with Gasteiger partial charge in [0.2, 0.25) is 0 Å². The number of carbonyl (C=O) groups is 1. The zero-order chi connectivity index (χ0) is 18.9. The molecule has 0 aliphatic heterocycles. The Labute approximate surface area is 146 Å². The summed E-state index contributed by atoms with van der Waals surface area (Å²) in [7, 11) is -4.59. The lowest BCUT2D eigenvalue weighted by atomic mass is 10.2. The van der Waals surface area contributed by atoms with Gasteiger partial charge in [0.05, 0.1) is 7.11 Å². The summed E-state index contributed by atoms with van der Waals surface area (Å²) in [6.45, 7) is 0. The van der Waals surface area contributed by atoms with Gasteiger partial charge in [-0.3, -0.25) is 0 Å². The molecule has 136 valence electrons. The molecule has 9 heteroatoms. The minimum Gasteiger partial charge on any atom is -0.437 e. The summed E-state index contributed by atoms with van der Waals surface area (Å²) in [5.41, 5.74) is 1.33. The molecule has 0 radical (unpaired) electrons. The first kappa shape index (κ1) is 20.9. The van der Waals surface area contributed by atoms with Crippen molar-refractivity contribution >= 4 is 24.3 Å². The van der Waals surface area contributed by atoms with Gasteiger partial charge in [0.25, 0.3) is 0 Å². The monoisotopic (exact) mass is 376 g/mol. The minimum atomic E-state index is -6.00. The third-order valence-electron chi connectivity index (χ3n) is 2.82. The van der Waals surface area contributed by atoms with Crippen molar-refractivity contribution in [2.75, 3.05) is 13.4 Å². The van der Waals surface area contributed by atoms with Crippen LogP contribution in [0, 0.1) is 0 Å². The lowest BCUT2D eigenvalue weighted by molar-refractivity contribution is 0.121. The van der Waals surface area contributed by atoms with Crippen molar-refractivity contribution in [3.05, 3.63) is 60.2 Å². The van der Waals surface area contributed by atoms with Gasteiger partial charge in [-0.2, -0.15) is 0 Å². The first-order valence-electron chi connectivity index (χ1n) is 7.08. The molecule has 0 aliphatic carbocycles. The lowest BCUT2D eigenvalue weighted by Crippen LogP contribution is -2.08. The molecule has 0 spiro atoms. The summed E-state index contributed by atoms with van der Waals surface area (Å²) >= 11 is 0. The predicted octanol–water partition coefficient (Wildman–Crippen LogP) is 4.94. The van der Waals surface area contributed by atoms with Crippen LogP contribution in [-0.2, 0) is 21.4 Å². The number of halogens is 4. The second-order valence-corrected chi connectivity index (χ2v) is 6.82. The van der Waals surface area contributed by atoms with Crippen LogP contribution < -0.4 is 4.74 Å². The second-order valence-electron chi connectivity index (χ2n) is 4.79. The second kappa shape index (κ2) is 9.98. The van der Waals surface area contributed by atoms with Crippen molar-refractivity contribution < 1.29 is 31.5 Å². The van der Waals surface area contributed by atoms with Gasteiger partial charge >= 0.3 is 13.4 Å². The van der Waals surface area contributed by atoms with Crippen LogP contribution in [-0.4, -0.2) is 26.8 Å². The summed E-state index contributed by atoms with van der Waals surface area (Å²) in [5.74, 6) is 1.51. The topological polar surface area (TPSA) is 35.5 Å². The first-order valence-corrected chi connectivity index (χ1v) is 8.89. The van der Waals surface area contributed by atoms with Gasteiger partial charge in [0, 0.05) is 16.5 Å². The number of carbonyl (C=O) groups excluding carboxylic acids is 1. The van der Waals surface area contributed by atoms with Crippen molar-refractivity contribution in [2.45, 2.75) is 10.6 Å². The fourth-order valence-electron chi connectivity index (χ4n) is 1.79. The zero-order valence-corrected chi connectivity index (χ0v) is 14.4. The van der Waals surface area contributed by atoms with Crippen LogP contribution in [0.5, 0.6) is 5.75 Å². The van der Waals surface area contributed by atoms with E-state index in [2.05, 4.69) is 35.3 Å². The molecule has 2 aromatic rings. The smallest absolute Gasteiger partial charge is 0.437 e.